The fourth-order valence-corrected chi connectivity index (χ4v) is 4.04. The van der Waals surface area contributed by atoms with Crippen molar-refractivity contribution in [2.24, 2.45) is 0 Å². The SMILES string of the molecule is CCCN(CC(=O)Nc1cc(-c2ccccc2)nn1-c1ccc(Cl)cc1)C(=O)Nc1ccccc1C(F)(F)F. The lowest BCUT2D eigenvalue weighted by Crippen LogP contribution is -2.41. The summed E-state index contributed by atoms with van der Waals surface area (Å²) in [5.41, 5.74) is 0.719. The Morgan fingerprint density at radius 3 is 2.28 bits per heavy atom. The van der Waals surface area contributed by atoms with Crippen molar-refractivity contribution >= 4 is 35.0 Å². The third-order valence-electron chi connectivity index (χ3n) is 5.71. The summed E-state index contributed by atoms with van der Waals surface area (Å²) in [7, 11) is 0. The number of carbonyl (C=O) groups excluding carboxylic acids is 2. The molecule has 11 heteroatoms. The van der Waals surface area contributed by atoms with E-state index in [1.165, 1.54) is 18.2 Å². The molecule has 0 saturated carbocycles. The highest BCUT2D eigenvalue weighted by Crippen LogP contribution is 2.34. The highest BCUT2D eigenvalue weighted by Gasteiger charge is 2.34. The van der Waals surface area contributed by atoms with Crippen molar-refractivity contribution in [1.29, 1.82) is 0 Å². The summed E-state index contributed by atoms with van der Waals surface area (Å²) < 4.78 is 41.7. The zero-order valence-corrected chi connectivity index (χ0v) is 21.6. The van der Waals surface area contributed by atoms with Crippen molar-refractivity contribution < 1.29 is 22.8 Å². The Kier molecular flexibility index (Phi) is 8.55. The van der Waals surface area contributed by atoms with Gasteiger partial charge in [-0.05, 0) is 42.8 Å². The lowest BCUT2D eigenvalue weighted by Gasteiger charge is -2.23. The van der Waals surface area contributed by atoms with Crippen molar-refractivity contribution in [3.05, 3.63) is 95.5 Å². The van der Waals surface area contributed by atoms with Gasteiger partial charge in [-0.25, -0.2) is 9.48 Å². The van der Waals surface area contributed by atoms with E-state index < -0.39 is 23.7 Å². The number of benzene rings is 3. The molecule has 3 amide bonds. The standard InChI is InChI=1S/C28H25ClF3N5O2/c1-2-16-36(27(39)33-23-11-7-6-10-22(23)28(30,31)32)18-26(38)34-25-17-24(19-8-4-3-5-9-19)35-37(25)21-14-12-20(29)13-15-21/h3-15,17H,2,16,18H2,1H3,(H,33,39)(H,34,38). The summed E-state index contributed by atoms with van der Waals surface area (Å²) in [5.74, 6) is -0.196. The first kappa shape index (κ1) is 27.7. The third-order valence-corrected chi connectivity index (χ3v) is 5.96. The number of nitrogens with zero attached hydrogens (tertiary/aromatic N) is 3. The Labute approximate surface area is 228 Å². The topological polar surface area (TPSA) is 79.3 Å². The smallest absolute Gasteiger partial charge is 0.315 e. The second-order valence-electron chi connectivity index (χ2n) is 8.61. The Morgan fingerprint density at radius 1 is 0.949 bits per heavy atom. The first-order valence-electron chi connectivity index (χ1n) is 12.1. The van der Waals surface area contributed by atoms with E-state index in [2.05, 4.69) is 15.7 Å². The molecule has 0 bridgehead atoms. The molecule has 4 rings (SSSR count). The van der Waals surface area contributed by atoms with Crippen LogP contribution in [-0.2, 0) is 11.0 Å². The lowest BCUT2D eigenvalue weighted by atomic mass is 10.1. The number of hydrogen-bond acceptors (Lipinski definition) is 3. The average molecular weight is 556 g/mol. The molecule has 0 unspecified atom stereocenters. The quantitative estimate of drug-likeness (QED) is 0.243. The number of aromatic nitrogens is 2. The van der Waals surface area contributed by atoms with Crippen molar-refractivity contribution in [1.82, 2.24) is 14.7 Å². The van der Waals surface area contributed by atoms with Crippen molar-refractivity contribution in [2.75, 3.05) is 23.7 Å². The van der Waals surface area contributed by atoms with E-state index in [4.69, 9.17) is 11.6 Å². The van der Waals surface area contributed by atoms with Gasteiger partial charge in [-0.2, -0.15) is 18.3 Å². The van der Waals surface area contributed by atoms with Crippen LogP contribution in [0, 0.1) is 0 Å². The monoisotopic (exact) mass is 555 g/mol. The maximum atomic E-state index is 13.4. The molecule has 3 aromatic carbocycles. The number of alkyl halides is 3. The van der Waals surface area contributed by atoms with Crippen molar-refractivity contribution in [2.45, 2.75) is 19.5 Å². The Balaban J connectivity index is 1.56. The molecule has 0 aliphatic carbocycles. The fourth-order valence-electron chi connectivity index (χ4n) is 3.91. The number of halogens is 4. The molecular weight excluding hydrogens is 531 g/mol. The Hall–Kier alpha value is -4.31. The predicted molar refractivity (Wildman–Crippen MR) is 145 cm³/mol. The molecule has 0 fully saturated rings. The minimum atomic E-state index is -4.65. The predicted octanol–water partition coefficient (Wildman–Crippen LogP) is 7.09. The highest BCUT2D eigenvalue weighted by atomic mass is 35.5. The van der Waals surface area contributed by atoms with E-state index in [1.807, 2.05) is 30.3 Å². The van der Waals surface area contributed by atoms with Crippen LogP contribution >= 0.6 is 11.6 Å². The van der Waals surface area contributed by atoms with Gasteiger partial charge >= 0.3 is 12.2 Å². The van der Waals surface area contributed by atoms with E-state index in [-0.39, 0.29) is 18.8 Å². The van der Waals surface area contributed by atoms with Crippen molar-refractivity contribution in [3.63, 3.8) is 0 Å². The normalized spacial score (nSPS) is 11.2. The summed E-state index contributed by atoms with van der Waals surface area (Å²) in [5, 5.41) is 10.2. The summed E-state index contributed by atoms with van der Waals surface area (Å²) in [6.45, 7) is 1.56. The van der Waals surface area contributed by atoms with Gasteiger partial charge in [0, 0.05) is 23.2 Å². The zero-order chi connectivity index (χ0) is 28.0. The van der Waals surface area contributed by atoms with Gasteiger partial charge in [-0.1, -0.05) is 61.0 Å². The molecule has 0 aliphatic rings. The average Bonchev–Trinajstić information content (AvgIpc) is 3.32. The van der Waals surface area contributed by atoms with Gasteiger partial charge in [0.05, 0.1) is 22.6 Å². The van der Waals surface area contributed by atoms with Crippen LogP contribution in [0.2, 0.25) is 5.02 Å². The van der Waals surface area contributed by atoms with Gasteiger partial charge in [-0.15, -0.1) is 0 Å². The molecular formula is C28H25ClF3N5O2. The second-order valence-corrected chi connectivity index (χ2v) is 9.05. The van der Waals surface area contributed by atoms with E-state index in [0.717, 1.165) is 16.5 Å². The molecule has 202 valence electrons. The zero-order valence-electron chi connectivity index (χ0n) is 20.9. The number of anilines is 2. The molecule has 4 aromatic rings. The Bertz CT molecular complexity index is 1440. The van der Waals surface area contributed by atoms with Crippen LogP contribution in [0.15, 0.2) is 84.9 Å². The molecule has 0 spiro atoms. The van der Waals surface area contributed by atoms with Gasteiger partial charge in [-0.3, -0.25) is 4.79 Å². The third kappa shape index (κ3) is 6.97. The fraction of sp³-hybridized carbons (Fsp3) is 0.179. The molecule has 1 heterocycles. The molecule has 0 radical (unpaired) electrons. The number of carbonyl (C=O) groups is 2. The van der Waals surface area contributed by atoms with Crippen LogP contribution < -0.4 is 10.6 Å². The summed E-state index contributed by atoms with van der Waals surface area (Å²) in [6, 6.07) is 21.8. The molecule has 1 aromatic heterocycles. The number of para-hydroxylation sites is 1. The molecule has 0 atom stereocenters. The summed E-state index contributed by atoms with van der Waals surface area (Å²) in [6.07, 6.45) is -4.16. The summed E-state index contributed by atoms with van der Waals surface area (Å²) in [4.78, 5) is 27.2. The second kappa shape index (κ2) is 12.0. The van der Waals surface area contributed by atoms with Crippen LogP contribution in [0.1, 0.15) is 18.9 Å². The van der Waals surface area contributed by atoms with Crippen LogP contribution in [0.5, 0.6) is 0 Å². The molecule has 0 aliphatic heterocycles. The van der Waals surface area contributed by atoms with Gasteiger partial charge in [0.2, 0.25) is 5.91 Å². The maximum Gasteiger partial charge on any atom is 0.418 e. The van der Waals surface area contributed by atoms with Crippen LogP contribution in [0.25, 0.3) is 16.9 Å². The minimum absolute atomic E-state index is 0.152. The molecule has 7 nitrogen and oxygen atoms in total. The number of rotatable bonds is 8. The van der Waals surface area contributed by atoms with Crippen molar-refractivity contribution in [3.8, 4) is 16.9 Å². The molecule has 39 heavy (non-hydrogen) atoms. The van der Waals surface area contributed by atoms with E-state index >= 15 is 0 Å². The first-order chi connectivity index (χ1) is 18.7. The van der Waals surface area contributed by atoms with E-state index in [1.54, 1.807) is 41.9 Å². The van der Waals surface area contributed by atoms with Crippen LogP contribution in [0.3, 0.4) is 0 Å². The molecule has 0 saturated heterocycles. The maximum absolute atomic E-state index is 13.4. The van der Waals surface area contributed by atoms with E-state index in [0.29, 0.717) is 28.6 Å². The van der Waals surface area contributed by atoms with Gasteiger partial charge < -0.3 is 15.5 Å². The number of urea groups is 1. The van der Waals surface area contributed by atoms with Crippen LogP contribution in [-0.4, -0.2) is 39.7 Å². The molecule has 2 N–H and O–H groups in total. The Morgan fingerprint density at radius 2 is 1.62 bits per heavy atom. The van der Waals surface area contributed by atoms with E-state index in [9.17, 15) is 22.8 Å². The minimum Gasteiger partial charge on any atom is -0.315 e. The van der Waals surface area contributed by atoms with Gasteiger partial charge in [0.25, 0.3) is 0 Å². The highest BCUT2D eigenvalue weighted by molar-refractivity contribution is 6.30. The number of amides is 3. The van der Waals surface area contributed by atoms with Crippen LogP contribution in [0.4, 0.5) is 29.5 Å². The largest absolute Gasteiger partial charge is 0.418 e. The lowest BCUT2D eigenvalue weighted by molar-refractivity contribution is -0.137. The number of nitrogens with one attached hydrogen (secondary N) is 2. The van der Waals surface area contributed by atoms with Gasteiger partial charge in [0.1, 0.15) is 12.4 Å². The number of hydrogen-bond donors (Lipinski definition) is 2. The first-order valence-corrected chi connectivity index (χ1v) is 12.5. The summed E-state index contributed by atoms with van der Waals surface area (Å²) >= 11 is 6.03. The van der Waals surface area contributed by atoms with Gasteiger partial charge in [0.15, 0.2) is 0 Å².